The van der Waals surface area contributed by atoms with Gasteiger partial charge in [0.1, 0.15) is 58.0 Å². The number of alkyl halides is 4. The maximum absolute atomic E-state index is 14.5. The van der Waals surface area contributed by atoms with Crippen LogP contribution in [0.5, 0.6) is 11.5 Å². The van der Waals surface area contributed by atoms with E-state index < -0.39 is 69.2 Å². The summed E-state index contributed by atoms with van der Waals surface area (Å²) in [4.78, 5) is 0. The van der Waals surface area contributed by atoms with Crippen molar-refractivity contribution in [1.29, 1.82) is 10.5 Å². The van der Waals surface area contributed by atoms with E-state index in [0.717, 1.165) is 48.6 Å². The molecule has 326 valence electrons. The molecule has 4 nitrogen and oxygen atoms in total. The number of nitrogens with zero attached hydrogens (tertiary/aromatic N) is 2. The molecule has 0 amide bonds. The lowest BCUT2D eigenvalue weighted by Crippen LogP contribution is -2.22. The van der Waals surface area contributed by atoms with E-state index in [1.165, 1.54) is 107 Å². The van der Waals surface area contributed by atoms with Gasteiger partial charge in [0.25, 0.3) is 0 Å². The number of halogens is 8. The van der Waals surface area contributed by atoms with Gasteiger partial charge in [-0.3, -0.25) is 0 Å². The van der Waals surface area contributed by atoms with E-state index in [1.54, 1.807) is 24.3 Å². The first-order valence-electron chi connectivity index (χ1n) is 21.3. The summed E-state index contributed by atoms with van der Waals surface area (Å²) in [6.45, 7) is 4.40. The molecule has 6 rings (SSSR count). The Labute approximate surface area is 353 Å². The van der Waals surface area contributed by atoms with E-state index in [9.17, 15) is 35.1 Å². The largest absolute Gasteiger partial charge is 0.429 e. The molecule has 2 aliphatic carbocycles. The monoisotopic (exact) mass is 852 g/mol. The topological polar surface area (TPSA) is 66.0 Å². The molecule has 4 aromatic rings. The number of nitriles is 2. The molecular formula is C49H52F8N2O2. The summed E-state index contributed by atoms with van der Waals surface area (Å²) in [7, 11) is 0. The molecule has 0 atom stereocenters. The van der Waals surface area contributed by atoms with Gasteiger partial charge in [0.15, 0.2) is 0 Å². The van der Waals surface area contributed by atoms with Crippen LogP contribution in [0.1, 0.15) is 155 Å². The Bertz CT molecular complexity index is 2070. The van der Waals surface area contributed by atoms with Gasteiger partial charge in [-0.1, -0.05) is 83.1 Å². The number of ether oxygens (including phenoxy) is 2. The highest BCUT2D eigenvalue weighted by Gasteiger charge is 2.37. The van der Waals surface area contributed by atoms with Crippen molar-refractivity contribution < 1.29 is 44.6 Å². The van der Waals surface area contributed by atoms with Crippen molar-refractivity contribution in [1.82, 2.24) is 0 Å². The summed E-state index contributed by atoms with van der Waals surface area (Å²) in [5.41, 5.74) is -0.400. The molecule has 61 heavy (non-hydrogen) atoms. The molecular weight excluding hydrogens is 801 g/mol. The average molecular weight is 853 g/mol. The molecule has 2 fully saturated rings. The standard InChI is InChI=1S/C25H27F4NO.C24H25F4NO/c1-2-3-4-5-17-6-8-18(9-7-17)19-10-12-20(13-11-19)25(28,29)31-21-14-23(26)22(16-30)24(27)15-21;1-2-3-4-16-5-7-17(8-6-16)18-9-11-19(12-10-18)24(27,28)30-20-13-22(25)21(15-29)23(26)14-20/h10-15,17-18H,2-9H2,1H3;9-14,16-17H,2-8H2,1H3. The molecule has 0 aromatic heterocycles. The van der Waals surface area contributed by atoms with Gasteiger partial charge in [-0.25, -0.2) is 17.6 Å². The summed E-state index contributed by atoms with van der Waals surface area (Å²) in [6.07, 6.45) is 10.2. The SMILES string of the molecule is CCCCC1CCC(c2ccc(C(F)(F)Oc3cc(F)c(C#N)c(F)c3)cc2)CC1.CCCCCC1CCC(c2ccc(C(F)(F)Oc3cc(F)c(C#N)c(F)c3)cc2)CC1. The highest BCUT2D eigenvalue weighted by Crippen LogP contribution is 2.41. The Kier molecular flexibility index (Phi) is 16.6. The molecule has 4 aromatic carbocycles. The second-order valence-electron chi connectivity index (χ2n) is 16.3. The molecule has 0 aliphatic heterocycles. The van der Waals surface area contributed by atoms with E-state index in [-0.39, 0.29) is 0 Å². The Morgan fingerprint density at radius 1 is 0.508 bits per heavy atom. The minimum Gasteiger partial charge on any atom is -0.429 e. The smallest absolute Gasteiger partial charge is 0.426 e. The third-order valence-corrected chi connectivity index (χ3v) is 12.1. The van der Waals surface area contributed by atoms with Crippen LogP contribution in [0, 0.1) is 57.8 Å². The van der Waals surface area contributed by atoms with Crippen LogP contribution < -0.4 is 9.47 Å². The van der Waals surface area contributed by atoms with Crippen LogP contribution in [0.2, 0.25) is 0 Å². The fourth-order valence-electron chi connectivity index (χ4n) is 8.49. The Morgan fingerprint density at radius 3 is 1.15 bits per heavy atom. The van der Waals surface area contributed by atoms with E-state index >= 15 is 0 Å². The molecule has 0 spiro atoms. The zero-order valence-electron chi connectivity index (χ0n) is 34.6. The molecule has 12 heteroatoms. The van der Waals surface area contributed by atoms with Crippen LogP contribution in [-0.4, -0.2) is 0 Å². The summed E-state index contributed by atoms with van der Waals surface area (Å²) < 4.78 is 122. The second-order valence-corrected chi connectivity index (χ2v) is 16.3. The van der Waals surface area contributed by atoms with Crippen molar-refractivity contribution in [3.05, 3.63) is 129 Å². The molecule has 0 radical (unpaired) electrons. The highest BCUT2D eigenvalue weighted by atomic mass is 19.3. The number of hydrogen-bond donors (Lipinski definition) is 0. The van der Waals surface area contributed by atoms with Crippen LogP contribution in [-0.2, 0) is 12.2 Å². The lowest BCUT2D eigenvalue weighted by atomic mass is 9.77. The van der Waals surface area contributed by atoms with Crippen molar-refractivity contribution in [2.75, 3.05) is 0 Å². The molecule has 0 heterocycles. The van der Waals surface area contributed by atoms with Crippen LogP contribution in [0.3, 0.4) is 0 Å². The van der Waals surface area contributed by atoms with Gasteiger partial charge in [-0.05, 0) is 110 Å². The summed E-state index contributed by atoms with van der Waals surface area (Å²) in [5, 5.41) is 17.3. The first-order valence-corrected chi connectivity index (χ1v) is 21.3. The zero-order chi connectivity index (χ0) is 44.2. The second kappa shape index (κ2) is 21.6. The Balaban J connectivity index is 0.000000231. The van der Waals surface area contributed by atoms with Gasteiger partial charge < -0.3 is 9.47 Å². The van der Waals surface area contributed by atoms with Crippen molar-refractivity contribution in [3.63, 3.8) is 0 Å². The summed E-state index contributed by atoms with van der Waals surface area (Å²) in [6, 6.07) is 17.0. The van der Waals surface area contributed by atoms with Crippen LogP contribution >= 0.6 is 0 Å². The number of unbranched alkanes of at least 4 members (excludes halogenated alkanes) is 3. The zero-order valence-corrected chi connectivity index (χ0v) is 34.6. The average Bonchev–Trinajstić information content (AvgIpc) is 3.23. The Morgan fingerprint density at radius 2 is 0.836 bits per heavy atom. The predicted octanol–water partition coefficient (Wildman–Crippen LogP) is 15.2. The quantitative estimate of drug-likeness (QED) is 0.0883. The van der Waals surface area contributed by atoms with Gasteiger partial charge in [0.2, 0.25) is 0 Å². The normalized spacial score (nSPS) is 19.2. The van der Waals surface area contributed by atoms with Gasteiger partial charge in [0.05, 0.1) is 11.1 Å². The summed E-state index contributed by atoms with van der Waals surface area (Å²) in [5.74, 6) is -4.04. The van der Waals surface area contributed by atoms with E-state index in [2.05, 4.69) is 23.3 Å². The van der Waals surface area contributed by atoms with E-state index in [4.69, 9.17) is 10.5 Å². The van der Waals surface area contributed by atoms with Gasteiger partial charge in [-0.2, -0.15) is 28.1 Å². The summed E-state index contributed by atoms with van der Waals surface area (Å²) >= 11 is 0. The molecule has 0 bridgehead atoms. The first kappa shape index (κ1) is 47.0. The number of rotatable bonds is 15. The van der Waals surface area contributed by atoms with Gasteiger partial charge in [-0.15, -0.1) is 0 Å². The third-order valence-electron chi connectivity index (χ3n) is 12.1. The number of benzene rings is 4. The van der Waals surface area contributed by atoms with Crippen molar-refractivity contribution in [3.8, 4) is 23.6 Å². The maximum atomic E-state index is 14.5. The van der Waals surface area contributed by atoms with Crippen LogP contribution in [0.25, 0.3) is 0 Å². The minimum absolute atomic E-state index is 0.368. The van der Waals surface area contributed by atoms with Gasteiger partial charge >= 0.3 is 12.2 Å². The molecule has 0 saturated heterocycles. The fourth-order valence-corrected chi connectivity index (χ4v) is 8.49. The van der Waals surface area contributed by atoms with Crippen molar-refractivity contribution >= 4 is 0 Å². The lowest BCUT2D eigenvalue weighted by molar-refractivity contribution is -0.186. The molecule has 2 aliphatic rings. The highest BCUT2D eigenvalue weighted by molar-refractivity contribution is 5.40. The van der Waals surface area contributed by atoms with E-state index in [0.29, 0.717) is 36.1 Å². The molecule has 2 saturated carbocycles. The first-order chi connectivity index (χ1) is 29.2. The minimum atomic E-state index is -3.76. The number of hydrogen-bond acceptors (Lipinski definition) is 4. The fraction of sp³-hybridized carbons (Fsp3) is 0.469. The lowest BCUT2D eigenvalue weighted by Gasteiger charge is -2.29. The molecule has 0 N–H and O–H groups in total. The predicted molar refractivity (Wildman–Crippen MR) is 217 cm³/mol. The van der Waals surface area contributed by atoms with Gasteiger partial charge in [0, 0.05) is 24.3 Å². The van der Waals surface area contributed by atoms with Crippen molar-refractivity contribution in [2.24, 2.45) is 11.8 Å². The van der Waals surface area contributed by atoms with Crippen molar-refractivity contribution in [2.45, 2.75) is 134 Å². The molecule has 0 unspecified atom stereocenters. The third kappa shape index (κ3) is 12.7. The Hall–Kier alpha value is -5.10. The maximum Gasteiger partial charge on any atom is 0.426 e. The van der Waals surface area contributed by atoms with Crippen LogP contribution in [0.4, 0.5) is 35.1 Å². The van der Waals surface area contributed by atoms with E-state index in [1.807, 2.05) is 0 Å². The van der Waals surface area contributed by atoms with Crippen LogP contribution in [0.15, 0.2) is 72.8 Å².